The van der Waals surface area contributed by atoms with Gasteiger partial charge in [0.1, 0.15) is 23.4 Å². The highest BCUT2D eigenvalue weighted by Crippen LogP contribution is 2.38. The number of carbonyl (C=O) groups excluding carboxylic acids is 1. The number of aromatic nitrogens is 2. The van der Waals surface area contributed by atoms with Gasteiger partial charge in [-0.1, -0.05) is 23.5 Å². The summed E-state index contributed by atoms with van der Waals surface area (Å²) in [6, 6.07) is 15.6. The number of ether oxygens (including phenoxy) is 2. The standard InChI is InChI=1S/C25H20FN3O3S.ClH/c26-19-5-1-3-16(11-19)22-8-6-17-12-20(7-9-23(17)32-22)31-25-29-15-21(33-25)14-28-24(30)18-4-2-10-27-13-18;/h1-5,7,9-13,15,22H,6,8,14H2,(H,28,30);1H. The Morgan fingerprint density at radius 1 is 1.18 bits per heavy atom. The van der Waals surface area contributed by atoms with Crippen molar-refractivity contribution in [1.29, 1.82) is 0 Å². The summed E-state index contributed by atoms with van der Waals surface area (Å²) in [6.45, 7) is 0.355. The van der Waals surface area contributed by atoms with Gasteiger partial charge in [-0.15, -0.1) is 12.4 Å². The van der Waals surface area contributed by atoms with Crippen LogP contribution in [0.5, 0.6) is 16.7 Å². The third kappa shape index (κ3) is 5.52. The lowest BCUT2D eigenvalue weighted by Crippen LogP contribution is -2.22. The fraction of sp³-hybridized carbons (Fsp3) is 0.160. The highest BCUT2D eigenvalue weighted by atomic mass is 35.5. The number of halogens is 2. The molecule has 0 saturated carbocycles. The van der Waals surface area contributed by atoms with Crippen molar-refractivity contribution in [1.82, 2.24) is 15.3 Å². The molecule has 34 heavy (non-hydrogen) atoms. The third-order valence-corrected chi connectivity index (χ3v) is 6.16. The van der Waals surface area contributed by atoms with Gasteiger partial charge in [0.2, 0.25) is 0 Å². The number of nitrogens with zero attached hydrogens (tertiary/aromatic N) is 2. The summed E-state index contributed by atoms with van der Waals surface area (Å²) in [5, 5.41) is 3.35. The molecule has 5 rings (SSSR count). The van der Waals surface area contributed by atoms with E-state index in [1.165, 1.54) is 29.7 Å². The maximum atomic E-state index is 13.5. The van der Waals surface area contributed by atoms with Crippen molar-refractivity contribution in [3.8, 4) is 16.7 Å². The van der Waals surface area contributed by atoms with Gasteiger partial charge >= 0.3 is 0 Å². The van der Waals surface area contributed by atoms with E-state index in [9.17, 15) is 9.18 Å². The number of nitrogens with one attached hydrogen (secondary N) is 1. The second kappa shape index (κ2) is 10.6. The van der Waals surface area contributed by atoms with Crippen LogP contribution in [0.1, 0.15) is 38.9 Å². The number of hydrogen-bond acceptors (Lipinski definition) is 6. The van der Waals surface area contributed by atoms with Crippen LogP contribution in [-0.2, 0) is 13.0 Å². The molecule has 1 amide bonds. The minimum atomic E-state index is -0.259. The average molecular weight is 498 g/mol. The van der Waals surface area contributed by atoms with E-state index in [1.807, 2.05) is 24.3 Å². The summed E-state index contributed by atoms with van der Waals surface area (Å²) >= 11 is 1.37. The fourth-order valence-corrected chi connectivity index (χ4v) is 4.37. The van der Waals surface area contributed by atoms with E-state index in [-0.39, 0.29) is 30.2 Å². The molecule has 6 nitrogen and oxygen atoms in total. The van der Waals surface area contributed by atoms with E-state index in [1.54, 1.807) is 30.6 Å². The molecular formula is C25H21ClFN3O3S. The first-order valence-electron chi connectivity index (χ1n) is 10.5. The average Bonchev–Trinajstić information content (AvgIpc) is 3.30. The molecule has 0 fully saturated rings. The zero-order valence-electron chi connectivity index (χ0n) is 17.9. The molecule has 174 valence electrons. The molecule has 3 heterocycles. The first-order valence-corrected chi connectivity index (χ1v) is 11.3. The van der Waals surface area contributed by atoms with Gasteiger partial charge in [-0.2, -0.15) is 0 Å². The molecule has 2 aromatic heterocycles. The van der Waals surface area contributed by atoms with Crippen molar-refractivity contribution in [2.45, 2.75) is 25.5 Å². The monoisotopic (exact) mass is 497 g/mol. The SMILES string of the molecule is Cl.O=C(NCc1cnc(Oc2ccc3c(c2)CCC(c2cccc(F)c2)O3)s1)c1cccnc1. The van der Waals surface area contributed by atoms with E-state index in [0.29, 0.717) is 23.1 Å². The summed E-state index contributed by atoms with van der Waals surface area (Å²) in [6.07, 6.45) is 6.24. The second-order valence-corrected chi connectivity index (χ2v) is 8.67. The molecule has 1 aliphatic rings. The molecule has 0 spiro atoms. The second-order valence-electron chi connectivity index (χ2n) is 7.59. The molecule has 2 aromatic carbocycles. The summed E-state index contributed by atoms with van der Waals surface area (Å²) in [5.41, 5.74) is 2.39. The molecule has 0 saturated heterocycles. The molecule has 0 bridgehead atoms. The van der Waals surface area contributed by atoms with Gasteiger partial charge < -0.3 is 14.8 Å². The minimum absolute atomic E-state index is 0. The highest BCUT2D eigenvalue weighted by Gasteiger charge is 2.22. The fourth-order valence-electron chi connectivity index (χ4n) is 3.66. The van der Waals surface area contributed by atoms with E-state index in [0.717, 1.165) is 34.6 Å². The number of pyridine rings is 1. The Labute approximate surface area is 206 Å². The Morgan fingerprint density at radius 3 is 2.91 bits per heavy atom. The van der Waals surface area contributed by atoms with Crippen LogP contribution in [0, 0.1) is 5.82 Å². The number of benzene rings is 2. The van der Waals surface area contributed by atoms with Crippen LogP contribution >= 0.6 is 23.7 Å². The van der Waals surface area contributed by atoms with Gasteiger partial charge in [-0.3, -0.25) is 9.78 Å². The van der Waals surface area contributed by atoms with E-state index in [4.69, 9.17) is 9.47 Å². The molecule has 9 heteroatoms. The topological polar surface area (TPSA) is 73.3 Å². The molecule has 1 unspecified atom stereocenters. The lowest BCUT2D eigenvalue weighted by atomic mass is 9.97. The van der Waals surface area contributed by atoms with Crippen molar-refractivity contribution in [2.75, 3.05) is 0 Å². The maximum Gasteiger partial charge on any atom is 0.278 e. The third-order valence-electron chi connectivity index (χ3n) is 5.28. The molecule has 1 atom stereocenters. The zero-order valence-corrected chi connectivity index (χ0v) is 19.6. The van der Waals surface area contributed by atoms with Gasteiger partial charge in [0, 0.05) is 23.5 Å². The molecule has 1 aliphatic heterocycles. The van der Waals surface area contributed by atoms with Crippen LogP contribution in [0.4, 0.5) is 4.39 Å². The van der Waals surface area contributed by atoms with Crippen LogP contribution in [0.3, 0.4) is 0 Å². The highest BCUT2D eigenvalue weighted by molar-refractivity contribution is 7.13. The van der Waals surface area contributed by atoms with E-state index in [2.05, 4.69) is 15.3 Å². The Morgan fingerprint density at radius 2 is 2.09 bits per heavy atom. The number of thiazole rings is 1. The lowest BCUT2D eigenvalue weighted by Gasteiger charge is -2.26. The normalized spacial score (nSPS) is 14.3. The van der Waals surface area contributed by atoms with Crippen molar-refractivity contribution in [3.63, 3.8) is 0 Å². The summed E-state index contributed by atoms with van der Waals surface area (Å²) in [5.74, 6) is 0.998. The number of rotatable bonds is 6. The van der Waals surface area contributed by atoms with E-state index >= 15 is 0 Å². The Balaban J connectivity index is 0.00000274. The lowest BCUT2D eigenvalue weighted by molar-refractivity contribution is 0.0951. The maximum absolute atomic E-state index is 13.5. The molecule has 4 aromatic rings. The zero-order chi connectivity index (χ0) is 22.6. The van der Waals surface area contributed by atoms with Crippen molar-refractivity contribution in [2.24, 2.45) is 0 Å². The summed E-state index contributed by atoms with van der Waals surface area (Å²) in [7, 11) is 0. The number of fused-ring (bicyclic) bond motifs is 1. The Bertz CT molecular complexity index is 1290. The predicted octanol–water partition coefficient (Wildman–Crippen LogP) is 5.89. The van der Waals surface area contributed by atoms with Crippen molar-refractivity contribution in [3.05, 3.63) is 101 Å². The first kappa shape index (κ1) is 23.7. The Hall–Kier alpha value is -3.49. The summed E-state index contributed by atoms with van der Waals surface area (Å²) < 4.78 is 25.6. The van der Waals surface area contributed by atoms with Crippen LogP contribution in [-0.4, -0.2) is 15.9 Å². The number of carbonyl (C=O) groups is 1. The molecule has 1 N–H and O–H groups in total. The van der Waals surface area contributed by atoms with Gasteiger partial charge in [0.15, 0.2) is 0 Å². The van der Waals surface area contributed by atoms with Gasteiger partial charge in [-0.05, 0) is 66.4 Å². The van der Waals surface area contributed by atoms with Crippen molar-refractivity contribution >= 4 is 29.7 Å². The predicted molar refractivity (Wildman–Crippen MR) is 129 cm³/mol. The molecular weight excluding hydrogens is 477 g/mol. The molecule has 0 radical (unpaired) electrons. The Kier molecular flexibility index (Phi) is 7.40. The largest absolute Gasteiger partial charge is 0.485 e. The molecule has 0 aliphatic carbocycles. The van der Waals surface area contributed by atoms with Crippen LogP contribution in [0.15, 0.2) is 73.2 Å². The summed E-state index contributed by atoms with van der Waals surface area (Å²) in [4.78, 5) is 21.3. The van der Waals surface area contributed by atoms with Crippen molar-refractivity contribution < 1.29 is 18.7 Å². The van der Waals surface area contributed by atoms with Crippen LogP contribution in [0.2, 0.25) is 0 Å². The first-order chi connectivity index (χ1) is 16.1. The number of aryl methyl sites for hydroxylation is 1. The van der Waals surface area contributed by atoms with Gasteiger partial charge in [-0.25, -0.2) is 9.37 Å². The van der Waals surface area contributed by atoms with E-state index < -0.39 is 0 Å². The van der Waals surface area contributed by atoms with Crippen LogP contribution in [0.25, 0.3) is 0 Å². The van der Waals surface area contributed by atoms with Crippen LogP contribution < -0.4 is 14.8 Å². The smallest absolute Gasteiger partial charge is 0.278 e. The van der Waals surface area contributed by atoms with Gasteiger partial charge in [0.25, 0.3) is 11.1 Å². The van der Waals surface area contributed by atoms with Gasteiger partial charge in [0.05, 0.1) is 12.1 Å². The number of amides is 1. The number of hydrogen-bond donors (Lipinski definition) is 1. The quantitative estimate of drug-likeness (QED) is 0.359. The minimum Gasteiger partial charge on any atom is -0.485 e.